The Hall–Kier alpha value is -2.23. The van der Waals surface area contributed by atoms with Crippen molar-refractivity contribution in [2.75, 3.05) is 7.05 Å². The Bertz CT molecular complexity index is 1160. The van der Waals surface area contributed by atoms with Gasteiger partial charge in [-0.3, -0.25) is 10.0 Å². The summed E-state index contributed by atoms with van der Waals surface area (Å²) in [4.78, 5) is 12.8. The van der Waals surface area contributed by atoms with E-state index in [0.717, 1.165) is 21.6 Å². The molecule has 0 aliphatic carbocycles. The first kappa shape index (κ1) is 22.5. The first-order valence-electron chi connectivity index (χ1n) is 9.12. The molecule has 0 unspecified atom stereocenters. The van der Waals surface area contributed by atoms with Gasteiger partial charge < -0.3 is 0 Å². The smallest absolute Gasteiger partial charge is 0.245 e. The van der Waals surface area contributed by atoms with Gasteiger partial charge in [0.05, 0.1) is 4.90 Å². The normalized spacial score (nSPS) is 11.5. The number of carbonyl (C=O) groups excluding carboxylic acids is 1. The summed E-state index contributed by atoms with van der Waals surface area (Å²) >= 11 is 7.54. The minimum Gasteiger partial charge on any atom is -0.286 e. The van der Waals surface area contributed by atoms with Gasteiger partial charge >= 0.3 is 0 Å². The Balaban J connectivity index is 2.08. The second kappa shape index (κ2) is 9.28. The van der Waals surface area contributed by atoms with Gasteiger partial charge in [0.25, 0.3) is 0 Å². The zero-order valence-corrected chi connectivity index (χ0v) is 18.6. The Kier molecular flexibility index (Phi) is 6.95. The lowest BCUT2D eigenvalue weighted by molar-refractivity contribution is -0.159. The number of nitrogens with zero attached hydrogens (tertiary/aromatic N) is 1. The van der Waals surface area contributed by atoms with E-state index >= 15 is 0 Å². The largest absolute Gasteiger partial charge is 0.286 e. The highest BCUT2D eigenvalue weighted by Gasteiger charge is 2.21. The van der Waals surface area contributed by atoms with Crippen molar-refractivity contribution in [2.45, 2.75) is 24.2 Å². The summed E-state index contributed by atoms with van der Waals surface area (Å²) in [6.07, 6.45) is 1.34. The number of nitrogens with two attached hydrogens (primary N) is 1. The predicted octanol–water partition coefficient (Wildman–Crippen LogP) is 4.55. The van der Waals surface area contributed by atoms with Crippen molar-refractivity contribution in [2.24, 2.45) is 5.14 Å². The molecular weight excluding hydrogens is 444 g/mol. The maximum Gasteiger partial charge on any atom is 0.245 e. The van der Waals surface area contributed by atoms with E-state index in [1.165, 1.54) is 24.5 Å². The fourth-order valence-electron chi connectivity index (χ4n) is 3.21. The lowest BCUT2D eigenvalue weighted by Crippen LogP contribution is -2.22. The van der Waals surface area contributed by atoms with Crippen LogP contribution < -0.4 is 5.14 Å². The number of hydrogen-bond acceptors (Lipinski definition) is 5. The highest BCUT2D eigenvalue weighted by Crippen LogP contribution is 2.42. The topological polar surface area (TPSA) is 101 Å². The molecule has 0 aliphatic heterocycles. The molecule has 3 N–H and O–H groups in total. The van der Waals surface area contributed by atoms with E-state index in [9.17, 15) is 18.4 Å². The number of sulfonamides is 1. The van der Waals surface area contributed by atoms with Crippen LogP contribution in [-0.2, 0) is 21.2 Å². The third-order valence-corrected chi connectivity index (χ3v) is 6.91. The van der Waals surface area contributed by atoms with E-state index < -0.39 is 10.0 Å². The van der Waals surface area contributed by atoms with Crippen LogP contribution in [0.2, 0.25) is 5.02 Å². The number of halogens is 1. The van der Waals surface area contributed by atoms with Gasteiger partial charge in [0.1, 0.15) is 0 Å². The fraction of sp³-hybridized carbons (Fsp3) is 0.190. The molecule has 0 aliphatic rings. The number of rotatable bonds is 7. The number of hydrogen-bond donors (Lipinski definition) is 2. The number of hydroxylamine groups is 2. The van der Waals surface area contributed by atoms with Crippen LogP contribution >= 0.6 is 22.9 Å². The summed E-state index contributed by atoms with van der Waals surface area (Å²) in [5.74, 6) is -0.362. The molecule has 2 aromatic carbocycles. The molecule has 3 rings (SSSR count). The van der Waals surface area contributed by atoms with Crippen molar-refractivity contribution in [1.29, 1.82) is 0 Å². The highest BCUT2D eigenvalue weighted by molar-refractivity contribution is 7.89. The van der Waals surface area contributed by atoms with Crippen LogP contribution in [0.3, 0.4) is 0 Å². The number of aryl methyl sites for hydroxylation is 1. The number of amides is 1. The first-order valence-corrected chi connectivity index (χ1v) is 11.9. The third-order valence-electron chi connectivity index (χ3n) is 4.64. The quantitative estimate of drug-likeness (QED) is 0.395. The first-order chi connectivity index (χ1) is 14.2. The lowest BCUT2D eigenvalue weighted by atomic mass is 9.95. The van der Waals surface area contributed by atoms with Crippen molar-refractivity contribution in [3.63, 3.8) is 0 Å². The second-order valence-corrected chi connectivity index (χ2v) is 9.70. The highest BCUT2D eigenvalue weighted by atomic mass is 35.5. The van der Waals surface area contributed by atoms with Crippen LogP contribution in [-0.4, -0.2) is 31.6 Å². The molecule has 30 heavy (non-hydrogen) atoms. The molecule has 158 valence electrons. The molecule has 0 atom stereocenters. The summed E-state index contributed by atoms with van der Waals surface area (Å²) in [6.45, 7) is 0. The fourth-order valence-corrected chi connectivity index (χ4v) is 5.20. The Morgan fingerprint density at radius 3 is 2.43 bits per heavy atom. The van der Waals surface area contributed by atoms with Crippen molar-refractivity contribution < 1.29 is 18.4 Å². The standard InChI is InChI=1S/C21H21ClN2O4S2/c1-24(26)20(25)8-4-6-18-21(14-9-11-15(22)12-10-14)17(13-29-18)16-5-2-3-7-19(16)30(23,27)28/h2-3,5,7,9-13,26H,4,6,8H2,1H3,(H2,23,27,28). The Labute approximate surface area is 184 Å². The number of primary sulfonamides is 1. The zero-order chi connectivity index (χ0) is 21.9. The van der Waals surface area contributed by atoms with Crippen LogP contribution in [0.15, 0.2) is 58.8 Å². The van der Waals surface area contributed by atoms with E-state index in [1.807, 2.05) is 17.5 Å². The second-order valence-electron chi connectivity index (χ2n) is 6.77. The number of benzene rings is 2. The molecule has 0 saturated heterocycles. The number of carbonyl (C=O) groups is 1. The average molecular weight is 465 g/mol. The number of thiophene rings is 1. The molecule has 0 bridgehead atoms. The third kappa shape index (κ3) is 5.08. The summed E-state index contributed by atoms with van der Waals surface area (Å²) < 4.78 is 24.3. The van der Waals surface area contributed by atoms with Gasteiger partial charge in [-0.15, -0.1) is 11.3 Å². The summed E-state index contributed by atoms with van der Waals surface area (Å²) in [5, 5.41) is 17.8. The lowest BCUT2D eigenvalue weighted by Gasteiger charge is -2.12. The molecule has 1 amide bonds. The monoisotopic (exact) mass is 464 g/mol. The van der Waals surface area contributed by atoms with Crippen molar-refractivity contribution >= 4 is 38.9 Å². The van der Waals surface area contributed by atoms with Gasteiger partial charge in [-0.05, 0) is 42.0 Å². The minimum absolute atomic E-state index is 0.0571. The molecule has 0 spiro atoms. The molecule has 3 aromatic rings. The van der Waals surface area contributed by atoms with Crippen molar-refractivity contribution in [3.05, 3.63) is 63.8 Å². The van der Waals surface area contributed by atoms with Gasteiger partial charge in [0, 0.05) is 40.1 Å². The molecule has 0 saturated carbocycles. The molecular formula is C21H21ClN2O4S2. The summed E-state index contributed by atoms with van der Waals surface area (Å²) in [7, 11) is -2.61. The van der Waals surface area contributed by atoms with E-state index in [4.69, 9.17) is 16.7 Å². The summed E-state index contributed by atoms with van der Waals surface area (Å²) in [6, 6.07) is 13.9. The maximum absolute atomic E-state index is 12.1. The molecule has 0 fully saturated rings. The van der Waals surface area contributed by atoms with Crippen LogP contribution in [0.1, 0.15) is 17.7 Å². The Morgan fingerprint density at radius 2 is 1.80 bits per heavy atom. The van der Waals surface area contributed by atoms with Crippen molar-refractivity contribution in [1.82, 2.24) is 5.06 Å². The van der Waals surface area contributed by atoms with Crippen LogP contribution in [0.5, 0.6) is 0 Å². The van der Waals surface area contributed by atoms with E-state index in [1.54, 1.807) is 30.3 Å². The predicted molar refractivity (Wildman–Crippen MR) is 119 cm³/mol. The van der Waals surface area contributed by atoms with Gasteiger partial charge in [0.2, 0.25) is 15.9 Å². The molecule has 1 heterocycles. The van der Waals surface area contributed by atoms with Gasteiger partial charge in [-0.25, -0.2) is 18.6 Å². The minimum atomic E-state index is -3.91. The Morgan fingerprint density at radius 1 is 1.13 bits per heavy atom. The van der Waals surface area contributed by atoms with Crippen molar-refractivity contribution in [3.8, 4) is 22.3 Å². The van der Waals surface area contributed by atoms with E-state index in [0.29, 0.717) is 28.5 Å². The molecule has 1 aromatic heterocycles. The van der Waals surface area contributed by atoms with Gasteiger partial charge in [-0.1, -0.05) is 41.9 Å². The summed E-state index contributed by atoms with van der Waals surface area (Å²) in [5.41, 5.74) is 3.06. The molecule has 0 radical (unpaired) electrons. The van der Waals surface area contributed by atoms with Gasteiger partial charge in [-0.2, -0.15) is 0 Å². The SMILES string of the molecule is CN(O)C(=O)CCCc1scc(-c2ccccc2S(N)(=O)=O)c1-c1ccc(Cl)cc1. The molecule has 9 heteroatoms. The van der Waals surface area contributed by atoms with Crippen LogP contribution in [0.4, 0.5) is 0 Å². The molecule has 6 nitrogen and oxygen atoms in total. The van der Waals surface area contributed by atoms with Crippen LogP contribution in [0.25, 0.3) is 22.3 Å². The average Bonchev–Trinajstić information content (AvgIpc) is 3.11. The van der Waals surface area contributed by atoms with Gasteiger partial charge in [0.15, 0.2) is 0 Å². The van der Waals surface area contributed by atoms with Crippen LogP contribution in [0, 0.1) is 0 Å². The van der Waals surface area contributed by atoms with E-state index in [2.05, 4.69) is 0 Å². The zero-order valence-electron chi connectivity index (χ0n) is 16.2. The van der Waals surface area contributed by atoms with E-state index in [-0.39, 0.29) is 17.2 Å². The maximum atomic E-state index is 12.1.